The van der Waals surface area contributed by atoms with Crippen LogP contribution in [-0.4, -0.2) is 35.1 Å². The molecule has 21 heavy (non-hydrogen) atoms. The van der Waals surface area contributed by atoms with Gasteiger partial charge in [0, 0.05) is 5.56 Å². The van der Waals surface area contributed by atoms with Crippen LogP contribution in [0.4, 0.5) is 0 Å². The van der Waals surface area contributed by atoms with Gasteiger partial charge in [-0.25, -0.2) is 0 Å². The van der Waals surface area contributed by atoms with Crippen molar-refractivity contribution in [2.75, 3.05) is 14.2 Å². The second kappa shape index (κ2) is 7.77. The van der Waals surface area contributed by atoms with Crippen molar-refractivity contribution in [1.82, 2.24) is 15.0 Å². The average Bonchev–Trinajstić information content (AvgIpc) is 2.47. The van der Waals surface area contributed by atoms with Crippen LogP contribution < -0.4 is 48.9 Å². The van der Waals surface area contributed by atoms with Crippen molar-refractivity contribution < 1.29 is 53.7 Å². The number of ether oxygens (including phenoxy) is 3. The van der Waals surface area contributed by atoms with Crippen molar-refractivity contribution in [2.45, 2.75) is 0 Å². The molecule has 2 aromatic rings. The van der Waals surface area contributed by atoms with Crippen molar-refractivity contribution >= 4 is 5.97 Å². The summed E-state index contributed by atoms with van der Waals surface area (Å²) < 4.78 is 15.0. The summed E-state index contributed by atoms with van der Waals surface area (Å²) in [6.07, 6.45) is 0. The molecule has 0 aliphatic carbocycles. The molecule has 2 rings (SSSR count). The first-order valence-electron chi connectivity index (χ1n) is 5.46. The molecule has 0 fully saturated rings. The maximum atomic E-state index is 11.0. The number of carbonyl (C=O) groups excluding carboxylic acids is 1. The molecule has 104 valence electrons. The van der Waals surface area contributed by atoms with Gasteiger partial charge in [-0.15, -0.1) is 15.0 Å². The van der Waals surface area contributed by atoms with E-state index in [1.54, 1.807) is 12.1 Å². The number of benzene rings is 1. The van der Waals surface area contributed by atoms with Crippen LogP contribution in [-0.2, 0) is 0 Å². The van der Waals surface area contributed by atoms with Crippen LogP contribution in [0.25, 0.3) is 0 Å². The van der Waals surface area contributed by atoms with Gasteiger partial charge in [0.05, 0.1) is 20.2 Å². The summed E-state index contributed by atoms with van der Waals surface area (Å²) in [6, 6.07) is 5.77. The minimum atomic E-state index is -1.37. The Balaban J connectivity index is 0.00000220. The summed E-state index contributed by atoms with van der Waals surface area (Å²) >= 11 is 0. The van der Waals surface area contributed by atoms with Crippen LogP contribution in [0.15, 0.2) is 24.3 Å². The number of para-hydroxylation sites is 1. The summed E-state index contributed by atoms with van der Waals surface area (Å²) in [5, 5.41) is 11.0. The van der Waals surface area contributed by atoms with Gasteiger partial charge in [-0.2, -0.15) is 0 Å². The molecule has 8 nitrogen and oxygen atoms in total. The van der Waals surface area contributed by atoms with Gasteiger partial charge in [0.2, 0.25) is 0 Å². The number of aromatic nitrogens is 3. The SMILES string of the molecule is COc1nc(OC)nc(Oc2ccccc2C(=O)[O-])n1.[Na+]. The van der Waals surface area contributed by atoms with Crippen LogP contribution in [0.2, 0.25) is 0 Å². The molecule has 0 saturated heterocycles. The molecule has 0 N–H and O–H groups in total. The smallest absolute Gasteiger partial charge is 0.545 e. The molecule has 9 heteroatoms. The second-order valence-electron chi connectivity index (χ2n) is 3.48. The Hall–Kier alpha value is -1.90. The number of nitrogens with zero attached hydrogens (tertiary/aromatic N) is 3. The van der Waals surface area contributed by atoms with Crippen LogP contribution in [0.1, 0.15) is 10.4 Å². The predicted octanol–water partition coefficient (Wildman–Crippen LogP) is -2.95. The molecule has 0 aliphatic rings. The molecular weight excluding hydrogens is 289 g/mol. The number of rotatable bonds is 5. The minimum absolute atomic E-state index is 0. The third kappa shape index (κ3) is 4.28. The van der Waals surface area contributed by atoms with Crippen molar-refractivity contribution in [2.24, 2.45) is 0 Å². The van der Waals surface area contributed by atoms with E-state index in [0.717, 1.165) is 0 Å². The number of methoxy groups -OCH3 is 2. The van der Waals surface area contributed by atoms with Crippen LogP contribution in [0.3, 0.4) is 0 Å². The third-order valence-electron chi connectivity index (χ3n) is 2.25. The summed E-state index contributed by atoms with van der Waals surface area (Å²) in [7, 11) is 2.74. The van der Waals surface area contributed by atoms with Crippen LogP contribution in [0.5, 0.6) is 23.8 Å². The minimum Gasteiger partial charge on any atom is -0.545 e. The molecule has 0 atom stereocenters. The van der Waals surface area contributed by atoms with Gasteiger partial charge in [-0.3, -0.25) is 0 Å². The van der Waals surface area contributed by atoms with E-state index >= 15 is 0 Å². The largest absolute Gasteiger partial charge is 1.00 e. The molecular formula is C12H10N3NaO5. The number of aromatic carboxylic acids is 1. The topological polar surface area (TPSA) is 106 Å². The normalized spacial score (nSPS) is 9.43. The fourth-order valence-electron chi connectivity index (χ4n) is 1.37. The van der Waals surface area contributed by atoms with Crippen molar-refractivity contribution in [1.29, 1.82) is 0 Å². The van der Waals surface area contributed by atoms with E-state index in [9.17, 15) is 9.90 Å². The maximum Gasteiger partial charge on any atom is 1.00 e. The molecule has 1 heterocycles. The molecule has 0 spiro atoms. The molecule has 0 amide bonds. The van der Waals surface area contributed by atoms with Crippen LogP contribution >= 0.6 is 0 Å². The maximum absolute atomic E-state index is 11.0. The number of carbonyl (C=O) groups is 1. The van der Waals surface area contributed by atoms with Gasteiger partial charge in [0.15, 0.2) is 0 Å². The van der Waals surface area contributed by atoms with E-state index in [1.165, 1.54) is 26.4 Å². The zero-order valence-electron chi connectivity index (χ0n) is 11.7. The molecule has 1 aromatic carbocycles. The number of carboxylic acids is 1. The zero-order valence-corrected chi connectivity index (χ0v) is 13.7. The first-order chi connectivity index (χ1) is 9.63. The van der Waals surface area contributed by atoms with Crippen LogP contribution in [0, 0.1) is 0 Å². The predicted molar refractivity (Wildman–Crippen MR) is 63.8 cm³/mol. The Kier molecular flexibility index (Phi) is 6.35. The fraction of sp³-hybridized carbons (Fsp3) is 0.167. The molecule has 1 aromatic heterocycles. The molecule has 0 saturated carbocycles. The Labute approximate surface area is 142 Å². The second-order valence-corrected chi connectivity index (χ2v) is 3.48. The van der Waals surface area contributed by atoms with Gasteiger partial charge < -0.3 is 24.1 Å². The van der Waals surface area contributed by atoms with Crippen molar-refractivity contribution in [3.05, 3.63) is 29.8 Å². The average molecular weight is 299 g/mol. The molecule has 0 unspecified atom stereocenters. The first kappa shape index (κ1) is 17.2. The monoisotopic (exact) mass is 299 g/mol. The third-order valence-corrected chi connectivity index (χ3v) is 2.25. The Morgan fingerprint density at radius 3 is 2.05 bits per heavy atom. The van der Waals surface area contributed by atoms with E-state index < -0.39 is 5.97 Å². The van der Waals surface area contributed by atoms with E-state index in [1.807, 2.05) is 0 Å². The molecule has 0 bridgehead atoms. The molecule has 0 aliphatic heterocycles. The fourth-order valence-corrected chi connectivity index (χ4v) is 1.37. The summed E-state index contributed by atoms with van der Waals surface area (Å²) in [6.45, 7) is 0. The van der Waals surface area contributed by atoms with E-state index in [-0.39, 0.29) is 58.9 Å². The summed E-state index contributed by atoms with van der Waals surface area (Å²) in [4.78, 5) is 22.4. The first-order valence-corrected chi connectivity index (χ1v) is 5.46. The zero-order chi connectivity index (χ0) is 14.5. The number of hydrogen-bond acceptors (Lipinski definition) is 8. The summed E-state index contributed by atoms with van der Waals surface area (Å²) in [5.74, 6) is -1.32. The van der Waals surface area contributed by atoms with Crippen molar-refractivity contribution in [3.8, 4) is 23.8 Å². The van der Waals surface area contributed by atoms with Gasteiger partial charge in [0.1, 0.15) is 5.75 Å². The van der Waals surface area contributed by atoms with Gasteiger partial charge in [0.25, 0.3) is 0 Å². The number of carboxylic acid groups (broad SMARTS) is 1. The van der Waals surface area contributed by atoms with Crippen molar-refractivity contribution in [3.63, 3.8) is 0 Å². The van der Waals surface area contributed by atoms with E-state index in [2.05, 4.69) is 15.0 Å². The van der Waals surface area contributed by atoms with E-state index in [4.69, 9.17) is 14.2 Å². The van der Waals surface area contributed by atoms with Gasteiger partial charge in [-0.1, -0.05) is 12.1 Å². The Morgan fingerprint density at radius 2 is 1.52 bits per heavy atom. The quantitative estimate of drug-likeness (QED) is 0.539. The standard InChI is InChI=1S/C12H11N3O5.Na/c1-18-10-13-11(19-2)15-12(14-10)20-8-6-4-3-5-7(8)9(16)17;/h3-6H,1-2H3,(H,16,17);/q;+1/p-1. The number of hydrogen-bond donors (Lipinski definition) is 0. The van der Waals surface area contributed by atoms with Gasteiger partial charge in [-0.05, 0) is 12.1 Å². The van der Waals surface area contributed by atoms with Gasteiger partial charge >= 0.3 is 47.6 Å². The summed E-state index contributed by atoms with van der Waals surface area (Å²) in [5.41, 5.74) is -0.120. The Bertz CT molecular complexity index is 616. The van der Waals surface area contributed by atoms with E-state index in [0.29, 0.717) is 0 Å². The molecule has 0 radical (unpaired) electrons. The Morgan fingerprint density at radius 1 is 1.00 bits per heavy atom.